The first-order valence-corrected chi connectivity index (χ1v) is 26.8. The first kappa shape index (κ1) is 42.1. The van der Waals surface area contributed by atoms with Gasteiger partial charge in [-0.2, -0.15) is 0 Å². The van der Waals surface area contributed by atoms with Crippen molar-refractivity contribution >= 4 is 74.1 Å². The van der Waals surface area contributed by atoms with Gasteiger partial charge in [0.2, 0.25) is 0 Å². The Hall–Kier alpha value is -4.60. The fourth-order valence-corrected chi connectivity index (χ4v) is 17.2. The molecule has 0 unspecified atom stereocenters. The van der Waals surface area contributed by atoms with E-state index in [1.165, 1.54) is 42.4 Å². The van der Waals surface area contributed by atoms with E-state index in [1.54, 1.807) is 0 Å². The summed E-state index contributed by atoms with van der Waals surface area (Å²) in [5.41, 5.74) is 0. The smallest absolute Gasteiger partial charge is 0.0270 e. The molecule has 0 amide bonds. The molecular weight excluding hydrogens is 801 g/mol. The quantitative estimate of drug-likeness (QED) is 0.0749. The minimum absolute atomic E-state index is 0.642. The highest BCUT2D eigenvalue weighted by molar-refractivity contribution is 7.74. The predicted molar refractivity (Wildman–Crippen MR) is 269 cm³/mol. The standard InChI is InChI=1S/C54H52N2P4/c1-9-25-47(26-10-1)57(48-27-11-2-12-28-48)43-55(44-58(49-29-13-3-14-30-49)50-31-15-4-16-32-50)41-42-56(45-59(51-33-17-5-18-34-51)52-35-19-6-20-36-52)46-60(53-37-21-7-22-38-53)54-39-23-8-24-40-54/h1-40H,41-46H2. The van der Waals surface area contributed by atoms with Gasteiger partial charge in [0.05, 0.1) is 0 Å². The van der Waals surface area contributed by atoms with E-state index in [-0.39, 0.29) is 0 Å². The van der Waals surface area contributed by atoms with Crippen LogP contribution in [0.25, 0.3) is 0 Å². The summed E-state index contributed by atoms with van der Waals surface area (Å²) in [6.07, 6.45) is 3.98. The molecule has 0 saturated carbocycles. The normalized spacial score (nSPS) is 11.6. The minimum Gasteiger partial charge on any atom is -0.293 e. The molecule has 0 aliphatic heterocycles. The topological polar surface area (TPSA) is 6.48 Å². The Balaban J connectivity index is 1.19. The number of benzene rings is 8. The summed E-state index contributed by atoms with van der Waals surface area (Å²) in [6, 6.07) is 90.2. The largest absolute Gasteiger partial charge is 0.293 e. The molecule has 0 radical (unpaired) electrons. The maximum absolute atomic E-state index is 2.84. The predicted octanol–water partition coefficient (Wildman–Crippen LogP) is 9.95. The summed E-state index contributed by atoms with van der Waals surface area (Å²) in [6.45, 7) is 1.94. The molecule has 0 aliphatic rings. The molecule has 0 bridgehead atoms. The highest BCUT2D eigenvalue weighted by atomic mass is 31.1. The van der Waals surface area contributed by atoms with Gasteiger partial charge in [0, 0.05) is 38.2 Å². The van der Waals surface area contributed by atoms with Gasteiger partial charge in [-0.1, -0.05) is 243 Å². The van der Waals surface area contributed by atoms with E-state index in [0.717, 1.165) is 38.2 Å². The molecule has 0 N–H and O–H groups in total. The van der Waals surface area contributed by atoms with Gasteiger partial charge in [-0.25, -0.2) is 0 Å². The van der Waals surface area contributed by atoms with Crippen molar-refractivity contribution in [2.75, 3.05) is 38.2 Å². The van der Waals surface area contributed by atoms with Gasteiger partial charge in [0.1, 0.15) is 0 Å². The summed E-state index contributed by atoms with van der Waals surface area (Å²) in [4.78, 5) is 5.68. The highest BCUT2D eigenvalue weighted by Gasteiger charge is 2.27. The van der Waals surface area contributed by atoms with Crippen LogP contribution in [-0.4, -0.2) is 48.0 Å². The molecule has 2 nitrogen and oxygen atoms in total. The van der Waals surface area contributed by atoms with Crippen LogP contribution in [-0.2, 0) is 0 Å². The Morgan fingerprint density at radius 3 is 0.467 bits per heavy atom. The van der Waals surface area contributed by atoms with Crippen LogP contribution in [0.2, 0.25) is 0 Å². The lowest BCUT2D eigenvalue weighted by molar-refractivity contribution is 0.288. The zero-order chi connectivity index (χ0) is 40.6. The summed E-state index contributed by atoms with van der Waals surface area (Å²) in [7, 11) is -2.57. The monoisotopic (exact) mass is 852 g/mol. The molecule has 0 saturated heterocycles. The second-order valence-electron chi connectivity index (χ2n) is 14.8. The van der Waals surface area contributed by atoms with E-state index in [1.807, 2.05) is 0 Å². The fourth-order valence-electron chi connectivity index (χ4n) is 7.57. The van der Waals surface area contributed by atoms with Gasteiger partial charge in [-0.15, -0.1) is 0 Å². The van der Waals surface area contributed by atoms with Gasteiger partial charge in [0.25, 0.3) is 0 Å². The van der Waals surface area contributed by atoms with Gasteiger partial charge in [-0.3, -0.25) is 9.80 Å². The Morgan fingerprint density at radius 2 is 0.333 bits per heavy atom. The van der Waals surface area contributed by atoms with Crippen LogP contribution < -0.4 is 42.4 Å². The van der Waals surface area contributed by atoms with Crippen LogP contribution in [0.1, 0.15) is 0 Å². The van der Waals surface area contributed by atoms with Crippen molar-refractivity contribution in [3.63, 3.8) is 0 Å². The lowest BCUT2D eigenvalue weighted by Gasteiger charge is -2.36. The maximum atomic E-state index is 2.84. The highest BCUT2D eigenvalue weighted by Crippen LogP contribution is 2.42. The first-order chi connectivity index (χ1) is 29.8. The zero-order valence-corrected chi connectivity index (χ0v) is 37.6. The van der Waals surface area contributed by atoms with Crippen LogP contribution in [0, 0.1) is 0 Å². The molecule has 298 valence electrons. The third-order valence-corrected chi connectivity index (χ3v) is 20.7. The Morgan fingerprint density at radius 1 is 0.200 bits per heavy atom. The molecule has 0 heterocycles. The second-order valence-corrected chi connectivity index (χ2v) is 23.4. The molecule has 0 fully saturated rings. The summed E-state index contributed by atoms with van der Waals surface area (Å²) < 4.78 is 0. The average molecular weight is 853 g/mol. The summed E-state index contributed by atoms with van der Waals surface area (Å²) in [5.74, 6) is 0. The number of nitrogens with zero attached hydrogens (tertiary/aromatic N) is 2. The molecule has 8 aromatic carbocycles. The second kappa shape index (κ2) is 22.3. The molecule has 6 heteroatoms. The third-order valence-electron chi connectivity index (χ3n) is 10.6. The van der Waals surface area contributed by atoms with Crippen molar-refractivity contribution in [1.29, 1.82) is 0 Å². The van der Waals surface area contributed by atoms with Gasteiger partial charge in [0.15, 0.2) is 0 Å². The van der Waals surface area contributed by atoms with Gasteiger partial charge >= 0.3 is 0 Å². The third kappa shape index (κ3) is 11.6. The van der Waals surface area contributed by atoms with Gasteiger partial charge < -0.3 is 0 Å². The van der Waals surface area contributed by atoms with Crippen LogP contribution in [0.5, 0.6) is 0 Å². The van der Waals surface area contributed by atoms with Crippen molar-refractivity contribution in [2.24, 2.45) is 0 Å². The number of hydrogen-bond acceptors (Lipinski definition) is 2. The Kier molecular flexibility index (Phi) is 15.7. The van der Waals surface area contributed by atoms with Crippen LogP contribution >= 0.6 is 31.7 Å². The molecule has 0 spiro atoms. The molecule has 0 atom stereocenters. The van der Waals surface area contributed by atoms with Crippen molar-refractivity contribution in [1.82, 2.24) is 9.80 Å². The van der Waals surface area contributed by atoms with Crippen molar-refractivity contribution < 1.29 is 0 Å². The molecule has 8 aromatic rings. The fraction of sp³-hybridized carbons (Fsp3) is 0.111. The Labute approximate surface area is 363 Å². The molecular formula is C54H52N2P4. The van der Waals surface area contributed by atoms with E-state index in [9.17, 15) is 0 Å². The van der Waals surface area contributed by atoms with Crippen LogP contribution in [0.15, 0.2) is 243 Å². The van der Waals surface area contributed by atoms with Crippen molar-refractivity contribution in [3.05, 3.63) is 243 Å². The molecule has 8 rings (SSSR count). The van der Waals surface area contributed by atoms with E-state index < -0.39 is 31.7 Å². The lowest BCUT2D eigenvalue weighted by Crippen LogP contribution is -2.40. The molecule has 0 aliphatic carbocycles. The number of hydrogen-bond donors (Lipinski definition) is 0. The summed E-state index contributed by atoms with van der Waals surface area (Å²) in [5, 5.41) is 11.4. The average Bonchev–Trinajstić information content (AvgIpc) is 3.34. The Bertz CT molecular complexity index is 1890. The molecule has 60 heavy (non-hydrogen) atoms. The maximum Gasteiger partial charge on any atom is 0.0270 e. The lowest BCUT2D eigenvalue weighted by atomic mass is 10.4. The SMILES string of the molecule is c1ccc(P(CN(CCN(CP(c2ccccc2)c2ccccc2)CP(c2ccccc2)c2ccccc2)CP(c2ccccc2)c2ccccc2)c2ccccc2)cc1. The van der Waals surface area contributed by atoms with Gasteiger partial charge in [-0.05, 0) is 74.1 Å². The van der Waals surface area contributed by atoms with E-state index in [0.29, 0.717) is 0 Å². The first-order valence-electron chi connectivity index (χ1n) is 20.7. The van der Waals surface area contributed by atoms with Crippen molar-refractivity contribution in [2.45, 2.75) is 0 Å². The van der Waals surface area contributed by atoms with Crippen LogP contribution in [0.4, 0.5) is 0 Å². The molecule has 0 aromatic heterocycles. The van der Waals surface area contributed by atoms with E-state index >= 15 is 0 Å². The number of rotatable bonds is 19. The summed E-state index contributed by atoms with van der Waals surface area (Å²) >= 11 is 0. The van der Waals surface area contributed by atoms with E-state index in [4.69, 9.17) is 0 Å². The van der Waals surface area contributed by atoms with E-state index in [2.05, 4.69) is 252 Å². The van der Waals surface area contributed by atoms with Crippen molar-refractivity contribution in [3.8, 4) is 0 Å². The van der Waals surface area contributed by atoms with Crippen LogP contribution in [0.3, 0.4) is 0 Å². The zero-order valence-electron chi connectivity index (χ0n) is 34.0. The minimum atomic E-state index is -0.642.